The van der Waals surface area contributed by atoms with Gasteiger partial charge >= 0.3 is 0 Å². The number of hydrogen-bond donors (Lipinski definition) is 2. The van der Waals surface area contributed by atoms with E-state index in [0.29, 0.717) is 35.2 Å². The fourth-order valence-electron chi connectivity index (χ4n) is 3.06. The van der Waals surface area contributed by atoms with Gasteiger partial charge in [0.1, 0.15) is 0 Å². The molecule has 0 saturated carbocycles. The molecule has 4 heteroatoms. The van der Waals surface area contributed by atoms with Crippen molar-refractivity contribution in [3.63, 3.8) is 0 Å². The number of ketones is 1. The zero-order valence-electron chi connectivity index (χ0n) is 13.8. The van der Waals surface area contributed by atoms with Gasteiger partial charge in [-0.15, -0.1) is 0 Å². The molecule has 0 spiro atoms. The predicted octanol–water partition coefficient (Wildman–Crippen LogP) is 2.65. The van der Waals surface area contributed by atoms with Gasteiger partial charge in [0, 0.05) is 29.3 Å². The molecule has 2 unspecified atom stereocenters. The van der Waals surface area contributed by atoms with E-state index >= 15 is 0 Å². The first-order chi connectivity index (χ1) is 11.6. The Bertz CT molecular complexity index is 710. The van der Waals surface area contributed by atoms with E-state index < -0.39 is 0 Å². The maximum absolute atomic E-state index is 12.4. The Morgan fingerprint density at radius 1 is 1.00 bits per heavy atom. The quantitative estimate of drug-likeness (QED) is 0.832. The highest BCUT2D eigenvalue weighted by Gasteiger charge is 2.21. The van der Waals surface area contributed by atoms with Gasteiger partial charge in [0.15, 0.2) is 5.78 Å². The summed E-state index contributed by atoms with van der Waals surface area (Å²) in [6.07, 6.45) is 1.09. The van der Waals surface area contributed by atoms with Crippen molar-refractivity contribution in [1.29, 1.82) is 0 Å². The summed E-state index contributed by atoms with van der Waals surface area (Å²) in [7, 11) is 0. The summed E-state index contributed by atoms with van der Waals surface area (Å²) in [6.45, 7) is 3.79. The molecule has 3 rings (SSSR count). The zero-order valence-corrected chi connectivity index (χ0v) is 13.8. The number of amides is 1. The van der Waals surface area contributed by atoms with Crippen molar-refractivity contribution in [1.82, 2.24) is 10.6 Å². The number of nitrogens with one attached hydrogen (secondary N) is 2. The van der Waals surface area contributed by atoms with Crippen molar-refractivity contribution in [2.45, 2.75) is 19.4 Å². The van der Waals surface area contributed by atoms with E-state index in [4.69, 9.17) is 0 Å². The summed E-state index contributed by atoms with van der Waals surface area (Å²) in [4.78, 5) is 24.6. The third kappa shape index (κ3) is 3.89. The standard InChI is InChI=1S/C20H22N2O2/c1-14-11-15(12-21-14)13-22-20(24)18-9-7-17(8-10-18)19(23)16-5-3-2-4-6-16/h2-10,14-15,21H,11-13H2,1H3,(H,22,24). The van der Waals surface area contributed by atoms with Crippen LogP contribution in [0.25, 0.3) is 0 Å². The highest BCUT2D eigenvalue weighted by atomic mass is 16.1. The van der Waals surface area contributed by atoms with E-state index in [1.165, 1.54) is 0 Å². The molecule has 4 nitrogen and oxygen atoms in total. The van der Waals surface area contributed by atoms with E-state index in [9.17, 15) is 9.59 Å². The van der Waals surface area contributed by atoms with E-state index in [1.54, 1.807) is 36.4 Å². The topological polar surface area (TPSA) is 58.2 Å². The summed E-state index contributed by atoms with van der Waals surface area (Å²) < 4.78 is 0. The fourth-order valence-corrected chi connectivity index (χ4v) is 3.06. The van der Waals surface area contributed by atoms with Crippen LogP contribution in [0.4, 0.5) is 0 Å². The lowest BCUT2D eigenvalue weighted by Gasteiger charge is -2.10. The van der Waals surface area contributed by atoms with Crippen LogP contribution in [0.3, 0.4) is 0 Å². The molecule has 0 aliphatic carbocycles. The molecule has 2 aromatic rings. The van der Waals surface area contributed by atoms with Crippen molar-refractivity contribution in [2.24, 2.45) is 5.92 Å². The molecule has 2 aromatic carbocycles. The largest absolute Gasteiger partial charge is 0.352 e. The van der Waals surface area contributed by atoms with Gasteiger partial charge in [0.2, 0.25) is 0 Å². The number of benzene rings is 2. The molecule has 1 amide bonds. The van der Waals surface area contributed by atoms with Crippen LogP contribution in [0, 0.1) is 5.92 Å². The van der Waals surface area contributed by atoms with Crippen LogP contribution in [0.1, 0.15) is 39.6 Å². The van der Waals surface area contributed by atoms with Gasteiger partial charge in [-0.05, 0) is 37.9 Å². The van der Waals surface area contributed by atoms with Crippen molar-refractivity contribution in [2.75, 3.05) is 13.1 Å². The highest BCUT2D eigenvalue weighted by Crippen LogP contribution is 2.13. The first-order valence-corrected chi connectivity index (χ1v) is 8.35. The first kappa shape index (κ1) is 16.4. The van der Waals surface area contributed by atoms with Crippen molar-refractivity contribution < 1.29 is 9.59 Å². The maximum atomic E-state index is 12.4. The smallest absolute Gasteiger partial charge is 0.251 e. The van der Waals surface area contributed by atoms with Gasteiger partial charge in [-0.25, -0.2) is 0 Å². The van der Waals surface area contributed by atoms with Crippen LogP contribution in [-0.2, 0) is 0 Å². The number of carbonyl (C=O) groups excluding carboxylic acids is 2. The molecule has 0 bridgehead atoms. The average molecular weight is 322 g/mol. The Hall–Kier alpha value is -2.46. The SMILES string of the molecule is CC1CC(CNC(=O)c2ccc(C(=O)c3ccccc3)cc2)CN1. The van der Waals surface area contributed by atoms with Gasteiger partial charge < -0.3 is 10.6 Å². The lowest BCUT2D eigenvalue weighted by atomic mass is 10.0. The second-order valence-corrected chi connectivity index (χ2v) is 6.39. The lowest BCUT2D eigenvalue weighted by Crippen LogP contribution is -2.30. The Morgan fingerprint density at radius 2 is 1.62 bits per heavy atom. The zero-order chi connectivity index (χ0) is 16.9. The number of rotatable bonds is 5. The van der Waals surface area contributed by atoms with E-state index in [2.05, 4.69) is 17.6 Å². The molecule has 1 aliphatic rings. The van der Waals surface area contributed by atoms with Crippen molar-refractivity contribution in [3.8, 4) is 0 Å². The van der Waals surface area contributed by atoms with Crippen LogP contribution in [0.15, 0.2) is 54.6 Å². The Morgan fingerprint density at radius 3 is 2.25 bits per heavy atom. The minimum absolute atomic E-state index is 0.0337. The van der Waals surface area contributed by atoms with Crippen LogP contribution in [0.2, 0.25) is 0 Å². The fraction of sp³-hybridized carbons (Fsp3) is 0.300. The molecule has 0 aromatic heterocycles. The molecule has 1 fully saturated rings. The summed E-state index contributed by atoms with van der Waals surface area (Å²) >= 11 is 0. The van der Waals surface area contributed by atoms with Gasteiger partial charge in [-0.1, -0.05) is 42.5 Å². The number of hydrogen-bond acceptors (Lipinski definition) is 3. The van der Waals surface area contributed by atoms with Crippen molar-refractivity contribution in [3.05, 3.63) is 71.3 Å². The molecule has 1 saturated heterocycles. The lowest BCUT2D eigenvalue weighted by molar-refractivity contribution is 0.0946. The Balaban J connectivity index is 1.59. The minimum Gasteiger partial charge on any atom is -0.352 e. The molecule has 1 heterocycles. The molecule has 124 valence electrons. The number of carbonyl (C=O) groups is 2. The van der Waals surface area contributed by atoms with Crippen LogP contribution < -0.4 is 10.6 Å². The molecular formula is C20H22N2O2. The van der Waals surface area contributed by atoms with E-state index in [0.717, 1.165) is 13.0 Å². The van der Waals surface area contributed by atoms with Crippen LogP contribution in [0.5, 0.6) is 0 Å². The van der Waals surface area contributed by atoms with E-state index in [-0.39, 0.29) is 11.7 Å². The highest BCUT2D eigenvalue weighted by molar-refractivity contribution is 6.09. The molecule has 2 atom stereocenters. The normalized spacial score (nSPS) is 19.9. The third-order valence-electron chi connectivity index (χ3n) is 4.44. The van der Waals surface area contributed by atoms with Crippen LogP contribution >= 0.6 is 0 Å². The maximum Gasteiger partial charge on any atom is 0.251 e. The summed E-state index contributed by atoms with van der Waals surface area (Å²) in [5, 5.41) is 6.36. The van der Waals surface area contributed by atoms with Gasteiger partial charge in [-0.2, -0.15) is 0 Å². The second-order valence-electron chi connectivity index (χ2n) is 6.39. The van der Waals surface area contributed by atoms with Gasteiger partial charge in [0.25, 0.3) is 5.91 Å². The minimum atomic E-state index is -0.0896. The molecular weight excluding hydrogens is 300 g/mol. The second kappa shape index (κ2) is 7.41. The molecule has 1 aliphatic heterocycles. The third-order valence-corrected chi connectivity index (χ3v) is 4.44. The van der Waals surface area contributed by atoms with Crippen molar-refractivity contribution >= 4 is 11.7 Å². The monoisotopic (exact) mass is 322 g/mol. The average Bonchev–Trinajstić information content (AvgIpc) is 3.05. The van der Waals surface area contributed by atoms with Gasteiger partial charge in [-0.3, -0.25) is 9.59 Å². The predicted molar refractivity (Wildman–Crippen MR) is 94.2 cm³/mol. The Labute approximate surface area is 142 Å². The molecule has 0 radical (unpaired) electrons. The summed E-state index contributed by atoms with van der Waals surface area (Å²) in [5.74, 6) is 0.365. The molecule has 2 N–H and O–H groups in total. The summed E-state index contributed by atoms with van der Waals surface area (Å²) in [5.41, 5.74) is 1.82. The molecule has 24 heavy (non-hydrogen) atoms. The summed E-state index contributed by atoms with van der Waals surface area (Å²) in [6, 6.07) is 16.5. The Kier molecular flexibility index (Phi) is 5.06. The van der Waals surface area contributed by atoms with E-state index in [1.807, 2.05) is 18.2 Å². The van der Waals surface area contributed by atoms with Crippen LogP contribution in [-0.4, -0.2) is 30.8 Å². The van der Waals surface area contributed by atoms with Gasteiger partial charge in [0.05, 0.1) is 0 Å². The first-order valence-electron chi connectivity index (χ1n) is 8.35.